The van der Waals surface area contributed by atoms with Gasteiger partial charge in [0.05, 0.1) is 12.1 Å². The number of hydrogen-bond donors (Lipinski definition) is 2. The summed E-state index contributed by atoms with van der Waals surface area (Å²) in [5.41, 5.74) is 2.37. The fraction of sp³-hybridized carbons (Fsp3) is 0.250. The van der Waals surface area contributed by atoms with Crippen molar-refractivity contribution in [1.29, 1.82) is 0 Å². The average Bonchev–Trinajstić information content (AvgIpc) is 2.77. The van der Waals surface area contributed by atoms with E-state index >= 15 is 0 Å². The van der Waals surface area contributed by atoms with Crippen LogP contribution in [-0.2, 0) is 12.0 Å². The van der Waals surface area contributed by atoms with E-state index in [-0.39, 0.29) is 12.4 Å². The van der Waals surface area contributed by atoms with Gasteiger partial charge in [-0.1, -0.05) is 28.1 Å². The first-order chi connectivity index (χ1) is 9.63. The third kappa shape index (κ3) is 2.34. The van der Waals surface area contributed by atoms with Crippen LogP contribution in [0.1, 0.15) is 17.5 Å². The highest BCUT2D eigenvalue weighted by Gasteiger charge is 2.38. The molecule has 0 aliphatic heterocycles. The summed E-state index contributed by atoms with van der Waals surface area (Å²) in [5.74, 6) is -0.222. The van der Waals surface area contributed by atoms with E-state index in [1.54, 1.807) is 12.1 Å². The van der Waals surface area contributed by atoms with E-state index < -0.39 is 5.54 Å². The lowest BCUT2D eigenvalue weighted by Crippen LogP contribution is -2.36. The standard InChI is InChI=1S/C16H15BrFNO/c17-12-2-1-3-14(9-12)19-16(10-20)7-6-11-8-13(18)4-5-15(11)16/h1-5,8-9,19-20H,6-7,10H2. The number of benzene rings is 2. The number of aryl methyl sites for hydroxylation is 1. The van der Waals surface area contributed by atoms with E-state index in [1.807, 2.05) is 24.3 Å². The molecule has 2 N–H and O–H groups in total. The topological polar surface area (TPSA) is 32.3 Å². The molecule has 4 heteroatoms. The van der Waals surface area contributed by atoms with Crippen molar-refractivity contribution < 1.29 is 9.50 Å². The number of nitrogens with one attached hydrogen (secondary N) is 1. The molecule has 2 aromatic carbocycles. The highest BCUT2D eigenvalue weighted by atomic mass is 79.9. The zero-order valence-electron chi connectivity index (χ0n) is 10.9. The van der Waals surface area contributed by atoms with E-state index in [4.69, 9.17) is 0 Å². The molecule has 104 valence electrons. The molecule has 0 fully saturated rings. The molecule has 0 heterocycles. The minimum absolute atomic E-state index is 0.0157. The molecule has 20 heavy (non-hydrogen) atoms. The maximum Gasteiger partial charge on any atom is 0.123 e. The number of aliphatic hydroxyl groups excluding tert-OH is 1. The van der Waals surface area contributed by atoms with Gasteiger partial charge in [0.2, 0.25) is 0 Å². The number of halogens is 2. The van der Waals surface area contributed by atoms with E-state index in [2.05, 4.69) is 21.2 Å². The molecule has 0 saturated heterocycles. The van der Waals surface area contributed by atoms with Crippen LogP contribution in [-0.4, -0.2) is 11.7 Å². The van der Waals surface area contributed by atoms with Crippen LogP contribution in [0.2, 0.25) is 0 Å². The zero-order chi connectivity index (χ0) is 14.2. The van der Waals surface area contributed by atoms with Crippen molar-refractivity contribution in [3.8, 4) is 0 Å². The van der Waals surface area contributed by atoms with Gasteiger partial charge in [0.15, 0.2) is 0 Å². The monoisotopic (exact) mass is 335 g/mol. The smallest absolute Gasteiger partial charge is 0.123 e. The van der Waals surface area contributed by atoms with Crippen LogP contribution >= 0.6 is 15.9 Å². The van der Waals surface area contributed by atoms with Crippen molar-refractivity contribution in [3.05, 3.63) is 63.9 Å². The lowest BCUT2D eigenvalue weighted by molar-refractivity contribution is 0.211. The normalized spacial score (nSPS) is 20.8. The second kappa shape index (κ2) is 5.19. The van der Waals surface area contributed by atoms with Gasteiger partial charge in [-0.2, -0.15) is 0 Å². The van der Waals surface area contributed by atoms with Gasteiger partial charge in [0.25, 0.3) is 0 Å². The molecule has 0 radical (unpaired) electrons. The second-order valence-electron chi connectivity index (χ2n) is 5.18. The first-order valence-electron chi connectivity index (χ1n) is 6.56. The molecule has 1 aliphatic rings. The third-order valence-electron chi connectivity index (χ3n) is 3.88. The molecule has 2 nitrogen and oxygen atoms in total. The summed E-state index contributed by atoms with van der Waals surface area (Å²) >= 11 is 3.44. The highest BCUT2D eigenvalue weighted by molar-refractivity contribution is 9.10. The predicted octanol–water partition coefficient (Wildman–Crippen LogP) is 3.83. The van der Waals surface area contributed by atoms with E-state index in [9.17, 15) is 9.50 Å². The van der Waals surface area contributed by atoms with Crippen molar-refractivity contribution in [1.82, 2.24) is 0 Å². The fourth-order valence-corrected chi connectivity index (χ4v) is 3.29. The minimum Gasteiger partial charge on any atom is -0.394 e. The minimum atomic E-state index is -0.524. The molecule has 0 amide bonds. The Morgan fingerprint density at radius 1 is 1.25 bits per heavy atom. The molecule has 3 rings (SSSR count). The summed E-state index contributed by atoms with van der Waals surface area (Å²) in [5, 5.41) is 13.3. The summed E-state index contributed by atoms with van der Waals surface area (Å²) in [7, 11) is 0. The lowest BCUT2D eigenvalue weighted by Gasteiger charge is -2.31. The number of rotatable bonds is 3. The van der Waals surface area contributed by atoms with Gasteiger partial charge in [0, 0.05) is 10.2 Å². The first-order valence-corrected chi connectivity index (χ1v) is 7.36. The van der Waals surface area contributed by atoms with Crippen LogP contribution in [0.4, 0.5) is 10.1 Å². The molecule has 1 aliphatic carbocycles. The molecular weight excluding hydrogens is 321 g/mol. The maximum absolute atomic E-state index is 13.3. The Labute approximate surface area is 125 Å². The molecule has 0 saturated carbocycles. The van der Waals surface area contributed by atoms with E-state index in [0.717, 1.165) is 34.1 Å². The van der Waals surface area contributed by atoms with Crippen molar-refractivity contribution in [2.24, 2.45) is 0 Å². The zero-order valence-corrected chi connectivity index (χ0v) is 12.5. The Morgan fingerprint density at radius 3 is 2.85 bits per heavy atom. The number of fused-ring (bicyclic) bond motifs is 1. The SMILES string of the molecule is OCC1(Nc2cccc(Br)c2)CCc2cc(F)ccc21. The molecule has 0 bridgehead atoms. The first kappa shape index (κ1) is 13.6. The number of hydrogen-bond acceptors (Lipinski definition) is 2. The molecule has 0 aromatic heterocycles. The Morgan fingerprint density at radius 2 is 2.10 bits per heavy atom. The van der Waals surface area contributed by atoms with Crippen LogP contribution in [0, 0.1) is 5.82 Å². The second-order valence-corrected chi connectivity index (χ2v) is 6.09. The van der Waals surface area contributed by atoms with Gasteiger partial charge in [0.1, 0.15) is 5.82 Å². The average molecular weight is 336 g/mol. The number of anilines is 1. The Hall–Kier alpha value is -1.39. The van der Waals surface area contributed by atoms with Crippen LogP contribution in [0.15, 0.2) is 46.9 Å². The van der Waals surface area contributed by atoms with Gasteiger partial charge in [-0.25, -0.2) is 4.39 Å². The molecule has 1 atom stereocenters. The van der Waals surface area contributed by atoms with Crippen molar-refractivity contribution in [2.75, 3.05) is 11.9 Å². The predicted molar refractivity (Wildman–Crippen MR) is 81.2 cm³/mol. The van der Waals surface area contributed by atoms with Gasteiger partial charge >= 0.3 is 0 Å². The summed E-state index contributed by atoms with van der Waals surface area (Å²) in [4.78, 5) is 0. The fourth-order valence-electron chi connectivity index (χ4n) is 2.89. The van der Waals surface area contributed by atoms with Crippen LogP contribution in [0.3, 0.4) is 0 Å². The Bertz CT molecular complexity index is 646. The van der Waals surface area contributed by atoms with Crippen molar-refractivity contribution in [2.45, 2.75) is 18.4 Å². The number of aliphatic hydroxyl groups is 1. The summed E-state index contributed by atoms with van der Waals surface area (Å²) in [6.07, 6.45) is 1.53. The van der Waals surface area contributed by atoms with Crippen molar-refractivity contribution in [3.63, 3.8) is 0 Å². The van der Waals surface area contributed by atoms with Crippen LogP contribution < -0.4 is 5.32 Å². The van der Waals surface area contributed by atoms with Crippen molar-refractivity contribution >= 4 is 21.6 Å². The van der Waals surface area contributed by atoms with Crippen LogP contribution in [0.25, 0.3) is 0 Å². The highest BCUT2D eigenvalue weighted by Crippen LogP contribution is 2.39. The lowest BCUT2D eigenvalue weighted by atomic mass is 9.92. The van der Waals surface area contributed by atoms with Crippen LogP contribution in [0.5, 0.6) is 0 Å². The Balaban J connectivity index is 1.98. The van der Waals surface area contributed by atoms with Gasteiger partial charge in [-0.05, 0) is 54.3 Å². The van der Waals surface area contributed by atoms with Gasteiger partial charge < -0.3 is 10.4 Å². The summed E-state index contributed by atoms with van der Waals surface area (Å²) in [6.45, 7) is -0.0157. The maximum atomic E-state index is 13.3. The third-order valence-corrected chi connectivity index (χ3v) is 4.38. The Kier molecular flexibility index (Phi) is 3.52. The molecular formula is C16H15BrFNO. The molecule has 1 unspecified atom stereocenters. The molecule has 2 aromatic rings. The quantitative estimate of drug-likeness (QED) is 0.893. The largest absolute Gasteiger partial charge is 0.394 e. The summed E-state index contributed by atoms with van der Waals surface area (Å²) < 4.78 is 14.3. The van der Waals surface area contributed by atoms with E-state index in [1.165, 1.54) is 6.07 Å². The molecule has 0 spiro atoms. The van der Waals surface area contributed by atoms with Gasteiger partial charge in [-0.3, -0.25) is 0 Å². The summed E-state index contributed by atoms with van der Waals surface area (Å²) in [6, 6.07) is 12.6. The van der Waals surface area contributed by atoms with E-state index in [0.29, 0.717) is 0 Å². The van der Waals surface area contributed by atoms with Gasteiger partial charge in [-0.15, -0.1) is 0 Å².